The molecule has 0 bridgehead atoms. The Morgan fingerprint density at radius 3 is 2.10 bits per heavy atom. The normalized spacial score (nSPS) is 12.2. The van der Waals surface area contributed by atoms with Crippen molar-refractivity contribution in [3.63, 3.8) is 0 Å². The topological polar surface area (TPSA) is 66.5 Å². The summed E-state index contributed by atoms with van der Waals surface area (Å²) < 4.78 is 26.9. The van der Waals surface area contributed by atoms with Crippen LogP contribution in [-0.2, 0) is 14.8 Å². The molecule has 0 aliphatic heterocycles. The first kappa shape index (κ1) is 21.9. The van der Waals surface area contributed by atoms with E-state index >= 15 is 0 Å². The molecule has 0 radical (unpaired) electrons. The van der Waals surface area contributed by atoms with Crippen LogP contribution in [0.4, 0.5) is 5.69 Å². The first-order chi connectivity index (χ1) is 14.4. The highest BCUT2D eigenvalue weighted by molar-refractivity contribution is 8.00. The zero-order chi connectivity index (χ0) is 21.6. The van der Waals surface area contributed by atoms with Crippen molar-refractivity contribution in [3.8, 4) is 0 Å². The molecular formula is C23H24N2O3S2. The molecule has 0 aliphatic carbocycles. The second kappa shape index (κ2) is 9.82. The fourth-order valence-corrected chi connectivity index (χ4v) is 4.80. The maximum absolute atomic E-state index is 12.8. The SMILES string of the molecule is C[C@H](NC(=O)CSc1ccc(S(=O)(=O)N(C)c2ccccc2)cc1)c1ccccc1. The fourth-order valence-electron chi connectivity index (χ4n) is 2.90. The van der Waals surface area contributed by atoms with Gasteiger partial charge in [-0.15, -0.1) is 11.8 Å². The van der Waals surface area contributed by atoms with Crippen LogP contribution in [0.5, 0.6) is 0 Å². The predicted octanol–water partition coefficient (Wildman–Crippen LogP) is 4.48. The van der Waals surface area contributed by atoms with Crippen LogP contribution in [-0.4, -0.2) is 27.1 Å². The van der Waals surface area contributed by atoms with Crippen molar-refractivity contribution in [1.29, 1.82) is 0 Å². The molecule has 3 aromatic carbocycles. The highest BCUT2D eigenvalue weighted by atomic mass is 32.2. The van der Waals surface area contributed by atoms with Crippen LogP contribution in [0.15, 0.2) is 94.7 Å². The second-order valence-electron chi connectivity index (χ2n) is 6.77. The zero-order valence-corrected chi connectivity index (χ0v) is 18.5. The standard InChI is InChI=1S/C23H24N2O3S2/c1-18(19-9-5-3-6-10-19)24-23(26)17-29-21-13-15-22(16-14-21)30(27,28)25(2)20-11-7-4-8-12-20/h3-16,18H,17H2,1-2H3,(H,24,26)/t18-/m0/s1. The lowest BCUT2D eigenvalue weighted by Crippen LogP contribution is -2.28. The third kappa shape index (κ3) is 5.43. The van der Waals surface area contributed by atoms with Crippen molar-refractivity contribution in [3.05, 3.63) is 90.5 Å². The molecule has 1 amide bonds. The molecule has 0 fully saturated rings. The number of nitrogens with zero attached hydrogens (tertiary/aromatic N) is 1. The molecule has 0 heterocycles. The first-order valence-corrected chi connectivity index (χ1v) is 11.9. The Kier molecular flexibility index (Phi) is 7.18. The third-order valence-electron chi connectivity index (χ3n) is 4.65. The van der Waals surface area contributed by atoms with E-state index in [4.69, 9.17) is 0 Å². The van der Waals surface area contributed by atoms with E-state index < -0.39 is 10.0 Å². The van der Waals surface area contributed by atoms with Crippen LogP contribution in [0, 0.1) is 0 Å². The highest BCUT2D eigenvalue weighted by Gasteiger charge is 2.21. The second-order valence-corrected chi connectivity index (χ2v) is 9.79. The van der Waals surface area contributed by atoms with Crippen molar-refractivity contribution < 1.29 is 13.2 Å². The summed E-state index contributed by atoms with van der Waals surface area (Å²) in [6, 6.07) is 25.2. The number of carbonyl (C=O) groups is 1. The Morgan fingerprint density at radius 1 is 0.933 bits per heavy atom. The molecule has 156 valence electrons. The maximum atomic E-state index is 12.8. The van der Waals surface area contributed by atoms with E-state index in [2.05, 4.69) is 5.32 Å². The summed E-state index contributed by atoms with van der Waals surface area (Å²) in [5, 5.41) is 2.97. The third-order valence-corrected chi connectivity index (χ3v) is 7.46. The summed E-state index contributed by atoms with van der Waals surface area (Å²) in [6.07, 6.45) is 0. The zero-order valence-electron chi connectivity index (χ0n) is 16.9. The smallest absolute Gasteiger partial charge is 0.264 e. The van der Waals surface area contributed by atoms with E-state index in [1.807, 2.05) is 43.3 Å². The number of thioether (sulfide) groups is 1. The molecule has 3 rings (SSSR count). The van der Waals surface area contributed by atoms with Gasteiger partial charge >= 0.3 is 0 Å². The number of amides is 1. The molecular weight excluding hydrogens is 416 g/mol. The van der Waals surface area contributed by atoms with E-state index in [9.17, 15) is 13.2 Å². The van der Waals surface area contributed by atoms with Gasteiger partial charge in [0.05, 0.1) is 22.4 Å². The summed E-state index contributed by atoms with van der Waals surface area (Å²) in [7, 11) is -2.11. The molecule has 0 saturated heterocycles. The number of anilines is 1. The van der Waals surface area contributed by atoms with Gasteiger partial charge in [-0.05, 0) is 48.9 Å². The summed E-state index contributed by atoms with van der Waals surface area (Å²) in [6.45, 7) is 1.95. The van der Waals surface area contributed by atoms with Crippen molar-refractivity contribution in [1.82, 2.24) is 5.32 Å². The number of benzene rings is 3. The van der Waals surface area contributed by atoms with E-state index in [-0.39, 0.29) is 22.6 Å². The predicted molar refractivity (Wildman–Crippen MR) is 122 cm³/mol. The van der Waals surface area contributed by atoms with Crippen LogP contribution in [0.3, 0.4) is 0 Å². The van der Waals surface area contributed by atoms with E-state index in [0.29, 0.717) is 5.69 Å². The van der Waals surface area contributed by atoms with Gasteiger partial charge in [0.25, 0.3) is 10.0 Å². The van der Waals surface area contributed by atoms with Crippen LogP contribution >= 0.6 is 11.8 Å². The lowest BCUT2D eigenvalue weighted by Gasteiger charge is -2.19. The summed E-state index contributed by atoms with van der Waals surface area (Å²) >= 11 is 1.37. The number of hydrogen-bond acceptors (Lipinski definition) is 4. The maximum Gasteiger partial charge on any atom is 0.264 e. The minimum absolute atomic E-state index is 0.0691. The molecule has 0 spiro atoms. The van der Waals surface area contributed by atoms with Crippen molar-refractivity contribution >= 4 is 33.4 Å². The quantitative estimate of drug-likeness (QED) is 0.525. The number of rotatable bonds is 8. The number of sulfonamides is 1. The lowest BCUT2D eigenvalue weighted by atomic mass is 10.1. The molecule has 1 N–H and O–H groups in total. The van der Waals surface area contributed by atoms with E-state index in [1.54, 1.807) is 48.5 Å². The molecule has 0 unspecified atom stereocenters. The lowest BCUT2D eigenvalue weighted by molar-refractivity contribution is -0.119. The molecule has 30 heavy (non-hydrogen) atoms. The molecule has 0 aromatic heterocycles. The van der Waals surface area contributed by atoms with Gasteiger partial charge in [0.2, 0.25) is 5.91 Å². The first-order valence-electron chi connectivity index (χ1n) is 9.49. The Labute approximate surface area is 182 Å². The Hall–Kier alpha value is -2.77. The minimum Gasteiger partial charge on any atom is -0.349 e. The number of hydrogen-bond donors (Lipinski definition) is 1. The summed E-state index contributed by atoms with van der Waals surface area (Å²) in [5.74, 6) is 0.185. The van der Waals surface area contributed by atoms with Gasteiger partial charge in [-0.3, -0.25) is 9.10 Å². The van der Waals surface area contributed by atoms with E-state index in [1.165, 1.54) is 23.1 Å². The summed E-state index contributed by atoms with van der Waals surface area (Å²) in [4.78, 5) is 13.3. The molecule has 5 nitrogen and oxygen atoms in total. The number of nitrogens with one attached hydrogen (secondary N) is 1. The average Bonchev–Trinajstić information content (AvgIpc) is 2.78. The van der Waals surface area contributed by atoms with Gasteiger partial charge in [0.15, 0.2) is 0 Å². The average molecular weight is 441 g/mol. The van der Waals surface area contributed by atoms with Gasteiger partial charge in [-0.25, -0.2) is 8.42 Å². The molecule has 0 saturated carbocycles. The van der Waals surface area contributed by atoms with Crippen LogP contribution in [0.25, 0.3) is 0 Å². The van der Waals surface area contributed by atoms with Gasteiger partial charge in [0, 0.05) is 11.9 Å². The van der Waals surface area contributed by atoms with Gasteiger partial charge in [-0.2, -0.15) is 0 Å². The monoisotopic (exact) mass is 440 g/mol. The Morgan fingerprint density at radius 2 is 1.50 bits per heavy atom. The van der Waals surface area contributed by atoms with Gasteiger partial charge < -0.3 is 5.32 Å². The largest absolute Gasteiger partial charge is 0.349 e. The minimum atomic E-state index is -3.64. The molecule has 1 atom stereocenters. The molecule has 7 heteroatoms. The van der Waals surface area contributed by atoms with Crippen LogP contribution < -0.4 is 9.62 Å². The van der Waals surface area contributed by atoms with E-state index in [0.717, 1.165) is 10.5 Å². The summed E-state index contributed by atoms with van der Waals surface area (Å²) in [5.41, 5.74) is 1.65. The van der Waals surface area contributed by atoms with Gasteiger partial charge in [0.1, 0.15) is 0 Å². The Bertz CT molecular complexity index is 1070. The Balaban J connectivity index is 1.58. The van der Waals surface area contributed by atoms with Gasteiger partial charge in [-0.1, -0.05) is 48.5 Å². The van der Waals surface area contributed by atoms with Crippen molar-refractivity contribution in [2.45, 2.75) is 22.8 Å². The van der Waals surface area contributed by atoms with Crippen molar-refractivity contribution in [2.75, 3.05) is 17.1 Å². The highest BCUT2D eigenvalue weighted by Crippen LogP contribution is 2.25. The van der Waals surface area contributed by atoms with Crippen LogP contribution in [0.2, 0.25) is 0 Å². The molecule has 3 aromatic rings. The fraction of sp³-hybridized carbons (Fsp3) is 0.174. The van der Waals surface area contributed by atoms with Crippen LogP contribution in [0.1, 0.15) is 18.5 Å². The molecule has 0 aliphatic rings. The number of carbonyl (C=O) groups excluding carboxylic acids is 1. The number of para-hydroxylation sites is 1. The van der Waals surface area contributed by atoms with Crippen molar-refractivity contribution in [2.24, 2.45) is 0 Å².